The van der Waals surface area contributed by atoms with E-state index in [2.05, 4.69) is 4.90 Å². The molecule has 1 aliphatic carbocycles. The number of alkyl halides is 3. The summed E-state index contributed by atoms with van der Waals surface area (Å²) in [4.78, 5) is 15.2. The van der Waals surface area contributed by atoms with Gasteiger partial charge in [0, 0.05) is 19.6 Å². The number of nitrogens with zero attached hydrogens (tertiary/aromatic N) is 2. The first kappa shape index (κ1) is 13.2. The highest BCUT2D eigenvalue weighted by atomic mass is 19.4. The molecule has 0 bridgehead atoms. The lowest BCUT2D eigenvalue weighted by molar-refractivity contribution is -0.159. The van der Waals surface area contributed by atoms with Crippen LogP contribution in [-0.4, -0.2) is 54.1 Å². The minimum Gasteiger partial charge on any atom is -0.332 e. The fraction of sp³-hybridized carbons (Fsp3) is 0.923. The summed E-state index contributed by atoms with van der Waals surface area (Å²) in [6.45, 7) is 0.958. The number of fused-ring (bicyclic) bond motifs is 1. The van der Waals surface area contributed by atoms with E-state index in [1.54, 1.807) is 0 Å². The Morgan fingerprint density at radius 2 is 1.74 bits per heavy atom. The average molecular weight is 276 g/mol. The first-order valence-electron chi connectivity index (χ1n) is 7.03. The van der Waals surface area contributed by atoms with E-state index in [0.717, 1.165) is 18.0 Å². The van der Waals surface area contributed by atoms with Crippen molar-refractivity contribution in [2.75, 3.05) is 26.2 Å². The maximum atomic E-state index is 12.4. The van der Waals surface area contributed by atoms with Crippen molar-refractivity contribution < 1.29 is 18.0 Å². The van der Waals surface area contributed by atoms with Crippen LogP contribution in [0.3, 0.4) is 0 Å². The zero-order valence-corrected chi connectivity index (χ0v) is 10.8. The number of amides is 1. The van der Waals surface area contributed by atoms with Gasteiger partial charge in [0.15, 0.2) is 0 Å². The Labute approximate surface area is 110 Å². The van der Waals surface area contributed by atoms with Crippen molar-refractivity contribution >= 4 is 5.91 Å². The third kappa shape index (κ3) is 2.59. The Bertz CT molecular complexity index is 359. The molecule has 3 fully saturated rings. The lowest BCUT2D eigenvalue weighted by atomic mass is 10.0. The number of carbonyl (C=O) groups is 1. The SMILES string of the molecule is O=C1C(N2CC3CCCC3C2)CCN1CC(F)(F)F. The standard InChI is InChI=1S/C13H19F3N2O/c14-13(15,16)8-17-5-4-11(12(17)19)18-6-9-2-1-3-10(9)7-18/h9-11H,1-8H2. The van der Waals surface area contributed by atoms with Gasteiger partial charge < -0.3 is 4.90 Å². The lowest BCUT2D eigenvalue weighted by Gasteiger charge is -2.24. The minimum absolute atomic E-state index is 0.245. The van der Waals surface area contributed by atoms with Gasteiger partial charge in [-0.25, -0.2) is 0 Å². The molecule has 3 atom stereocenters. The van der Waals surface area contributed by atoms with Gasteiger partial charge in [-0.2, -0.15) is 13.2 Å². The highest BCUT2D eigenvalue weighted by Crippen LogP contribution is 2.39. The molecule has 3 aliphatic rings. The van der Waals surface area contributed by atoms with Gasteiger partial charge in [-0.1, -0.05) is 6.42 Å². The van der Waals surface area contributed by atoms with Crippen LogP contribution in [0.25, 0.3) is 0 Å². The molecular weight excluding hydrogens is 257 g/mol. The summed E-state index contributed by atoms with van der Waals surface area (Å²) in [5.74, 6) is 1.02. The number of halogens is 3. The van der Waals surface area contributed by atoms with Crippen LogP contribution in [0.1, 0.15) is 25.7 Å². The fourth-order valence-corrected chi connectivity index (χ4v) is 3.96. The maximum Gasteiger partial charge on any atom is 0.406 e. The molecule has 0 aromatic heterocycles. The summed E-state index contributed by atoms with van der Waals surface area (Å²) in [5.41, 5.74) is 0. The first-order valence-corrected chi connectivity index (χ1v) is 7.03. The van der Waals surface area contributed by atoms with E-state index in [9.17, 15) is 18.0 Å². The van der Waals surface area contributed by atoms with Crippen molar-refractivity contribution in [3.63, 3.8) is 0 Å². The Balaban J connectivity index is 1.60. The molecule has 6 heteroatoms. The molecule has 1 saturated carbocycles. The predicted molar refractivity (Wildman–Crippen MR) is 63.4 cm³/mol. The topological polar surface area (TPSA) is 23.6 Å². The third-order valence-electron chi connectivity index (χ3n) is 4.83. The van der Waals surface area contributed by atoms with Crippen molar-refractivity contribution in [3.8, 4) is 0 Å². The van der Waals surface area contributed by atoms with Crippen LogP contribution < -0.4 is 0 Å². The average Bonchev–Trinajstić information content (AvgIpc) is 2.92. The van der Waals surface area contributed by atoms with Crippen LogP contribution in [-0.2, 0) is 4.79 Å². The summed E-state index contributed by atoms with van der Waals surface area (Å²) in [6.07, 6.45) is -0.0366. The summed E-state index contributed by atoms with van der Waals surface area (Å²) in [6, 6.07) is -0.298. The van der Waals surface area contributed by atoms with Crippen molar-refractivity contribution in [3.05, 3.63) is 0 Å². The zero-order chi connectivity index (χ0) is 13.6. The van der Waals surface area contributed by atoms with Crippen molar-refractivity contribution in [1.29, 1.82) is 0 Å². The smallest absolute Gasteiger partial charge is 0.332 e. The Kier molecular flexibility index (Phi) is 3.23. The van der Waals surface area contributed by atoms with E-state index in [-0.39, 0.29) is 18.5 Å². The second kappa shape index (κ2) is 4.65. The summed E-state index contributed by atoms with van der Waals surface area (Å²) >= 11 is 0. The van der Waals surface area contributed by atoms with Crippen molar-refractivity contribution in [2.24, 2.45) is 11.8 Å². The second-order valence-corrected chi connectivity index (χ2v) is 6.08. The number of rotatable bonds is 2. The zero-order valence-electron chi connectivity index (χ0n) is 10.8. The number of likely N-dealkylation sites (tertiary alicyclic amines) is 2. The quantitative estimate of drug-likeness (QED) is 0.769. The predicted octanol–water partition coefficient (Wildman–Crippen LogP) is 1.88. The van der Waals surface area contributed by atoms with Crippen LogP contribution in [0.2, 0.25) is 0 Å². The van der Waals surface area contributed by atoms with Crippen LogP contribution in [0, 0.1) is 11.8 Å². The summed E-state index contributed by atoms with van der Waals surface area (Å²) in [7, 11) is 0. The molecule has 0 N–H and O–H groups in total. The van der Waals surface area contributed by atoms with Gasteiger partial charge in [-0.3, -0.25) is 9.69 Å². The number of hydrogen-bond acceptors (Lipinski definition) is 2. The molecular formula is C13H19F3N2O. The highest BCUT2D eigenvalue weighted by Gasteiger charge is 2.45. The van der Waals surface area contributed by atoms with Crippen molar-refractivity contribution in [2.45, 2.75) is 37.9 Å². The molecule has 19 heavy (non-hydrogen) atoms. The van der Waals surface area contributed by atoms with Crippen molar-refractivity contribution in [1.82, 2.24) is 9.80 Å². The van der Waals surface area contributed by atoms with Crippen LogP contribution >= 0.6 is 0 Å². The van der Waals surface area contributed by atoms with E-state index in [1.165, 1.54) is 19.3 Å². The van der Waals surface area contributed by atoms with Gasteiger partial charge in [-0.05, 0) is 31.1 Å². The molecule has 3 nitrogen and oxygen atoms in total. The normalized spacial score (nSPS) is 36.3. The van der Waals surface area contributed by atoms with Gasteiger partial charge in [0.2, 0.25) is 5.91 Å². The number of hydrogen-bond donors (Lipinski definition) is 0. The van der Waals surface area contributed by atoms with E-state index in [0.29, 0.717) is 18.3 Å². The Hall–Kier alpha value is -0.780. The largest absolute Gasteiger partial charge is 0.406 e. The molecule has 3 unspecified atom stereocenters. The fourth-order valence-electron chi connectivity index (χ4n) is 3.96. The third-order valence-corrected chi connectivity index (χ3v) is 4.83. The van der Waals surface area contributed by atoms with Crippen LogP contribution in [0.5, 0.6) is 0 Å². The molecule has 0 aromatic carbocycles. The minimum atomic E-state index is -4.29. The lowest BCUT2D eigenvalue weighted by Crippen LogP contribution is -2.43. The molecule has 0 aromatic rings. The summed E-state index contributed by atoms with van der Waals surface area (Å²) in [5, 5.41) is 0. The Morgan fingerprint density at radius 3 is 2.32 bits per heavy atom. The molecule has 2 saturated heterocycles. The molecule has 0 radical (unpaired) electrons. The molecule has 2 aliphatic heterocycles. The molecule has 2 heterocycles. The molecule has 108 valence electrons. The van der Waals surface area contributed by atoms with E-state index in [4.69, 9.17) is 0 Å². The molecule has 3 rings (SSSR count). The van der Waals surface area contributed by atoms with E-state index < -0.39 is 12.7 Å². The summed E-state index contributed by atoms with van der Waals surface area (Å²) < 4.78 is 37.1. The molecule has 1 amide bonds. The van der Waals surface area contributed by atoms with E-state index >= 15 is 0 Å². The molecule has 0 spiro atoms. The van der Waals surface area contributed by atoms with Gasteiger partial charge in [0.25, 0.3) is 0 Å². The Morgan fingerprint density at radius 1 is 1.11 bits per heavy atom. The van der Waals surface area contributed by atoms with E-state index in [1.807, 2.05) is 0 Å². The number of carbonyl (C=O) groups excluding carboxylic acids is 1. The second-order valence-electron chi connectivity index (χ2n) is 6.08. The maximum absolute atomic E-state index is 12.4. The first-order chi connectivity index (χ1) is 8.94. The van der Waals surface area contributed by atoms with Gasteiger partial charge in [0.1, 0.15) is 6.54 Å². The highest BCUT2D eigenvalue weighted by molar-refractivity contribution is 5.84. The van der Waals surface area contributed by atoms with Gasteiger partial charge in [-0.15, -0.1) is 0 Å². The van der Waals surface area contributed by atoms with Crippen LogP contribution in [0.15, 0.2) is 0 Å². The monoisotopic (exact) mass is 276 g/mol. The van der Waals surface area contributed by atoms with Gasteiger partial charge in [0.05, 0.1) is 6.04 Å². The van der Waals surface area contributed by atoms with Crippen LogP contribution in [0.4, 0.5) is 13.2 Å². The van der Waals surface area contributed by atoms with Gasteiger partial charge >= 0.3 is 6.18 Å².